The molecule has 0 spiro atoms. The van der Waals surface area contributed by atoms with Crippen LogP contribution in [-0.2, 0) is 0 Å². The van der Waals surface area contributed by atoms with Crippen LogP contribution >= 0.6 is 0 Å². The molecular weight excluding hydrogens is 138 g/mol. The van der Waals surface area contributed by atoms with Crippen molar-refractivity contribution in [2.24, 2.45) is 10.1 Å². The van der Waals surface area contributed by atoms with E-state index in [9.17, 15) is 0 Å². The third-order valence-electron chi connectivity index (χ3n) is 1.40. The van der Waals surface area contributed by atoms with Crippen molar-refractivity contribution in [3.05, 3.63) is 23.7 Å². The highest BCUT2D eigenvalue weighted by atomic mass is 15.4. The van der Waals surface area contributed by atoms with Gasteiger partial charge in [0.1, 0.15) is 0 Å². The molecule has 3 heteroatoms. The van der Waals surface area contributed by atoms with E-state index in [0.717, 1.165) is 5.70 Å². The highest BCUT2D eigenvalue weighted by Gasteiger charge is 2.05. The van der Waals surface area contributed by atoms with Crippen molar-refractivity contribution >= 4 is 12.9 Å². The molecule has 0 saturated heterocycles. The SMILES string of the molecule is C=NN1C=CN=CC1=C(C)C. The van der Waals surface area contributed by atoms with Gasteiger partial charge >= 0.3 is 0 Å². The van der Waals surface area contributed by atoms with Gasteiger partial charge in [-0.3, -0.25) is 4.99 Å². The Bertz CT molecular complexity index is 244. The van der Waals surface area contributed by atoms with Crippen LogP contribution in [0.25, 0.3) is 0 Å². The molecule has 0 aromatic heterocycles. The Balaban J connectivity index is 2.97. The normalized spacial score (nSPS) is 15.5. The number of allylic oxidation sites excluding steroid dienone is 2. The average Bonchev–Trinajstić information content (AvgIpc) is 2.04. The van der Waals surface area contributed by atoms with Gasteiger partial charge in [-0.15, -0.1) is 0 Å². The number of hydrazone groups is 1. The fourth-order valence-electron chi connectivity index (χ4n) is 0.836. The molecule has 0 unspecified atom stereocenters. The molecule has 1 heterocycles. The maximum Gasteiger partial charge on any atom is 0.0814 e. The van der Waals surface area contributed by atoms with Crippen molar-refractivity contribution in [1.82, 2.24) is 5.01 Å². The van der Waals surface area contributed by atoms with E-state index >= 15 is 0 Å². The minimum Gasteiger partial charge on any atom is -0.261 e. The van der Waals surface area contributed by atoms with Gasteiger partial charge < -0.3 is 0 Å². The molecule has 3 nitrogen and oxygen atoms in total. The summed E-state index contributed by atoms with van der Waals surface area (Å²) in [6, 6.07) is 0. The molecule has 0 amide bonds. The van der Waals surface area contributed by atoms with Crippen LogP contribution in [0.2, 0.25) is 0 Å². The maximum absolute atomic E-state index is 3.99. The zero-order chi connectivity index (χ0) is 8.27. The van der Waals surface area contributed by atoms with Crippen molar-refractivity contribution in [3.8, 4) is 0 Å². The van der Waals surface area contributed by atoms with Gasteiger partial charge in [-0.05, 0) is 19.4 Å². The number of hydrogen-bond donors (Lipinski definition) is 0. The lowest BCUT2D eigenvalue weighted by molar-refractivity contribution is 0.519. The summed E-state index contributed by atoms with van der Waals surface area (Å²) in [5.74, 6) is 0. The second-order valence-corrected chi connectivity index (χ2v) is 2.45. The van der Waals surface area contributed by atoms with Gasteiger partial charge in [-0.2, -0.15) is 5.10 Å². The maximum atomic E-state index is 3.99. The van der Waals surface area contributed by atoms with Crippen LogP contribution in [0.3, 0.4) is 0 Å². The zero-order valence-corrected chi connectivity index (χ0v) is 6.78. The summed E-state index contributed by atoms with van der Waals surface area (Å²) >= 11 is 0. The summed E-state index contributed by atoms with van der Waals surface area (Å²) in [6.07, 6.45) is 5.22. The van der Waals surface area contributed by atoms with Crippen LogP contribution in [-0.4, -0.2) is 17.9 Å². The first-order valence-electron chi connectivity index (χ1n) is 3.39. The first-order valence-corrected chi connectivity index (χ1v) is 3.39. The molecule has 11 heavy (non-hydrogen) atoms. The first kappa shape index (κ1) is 7.72. The Morgan fingerprint density at radius 3 is 2.82 bits per heavy atom. The minimum absolute atomic E-state index is 0.988. The molecule has 0 fully saturated rings. The quantitative estimate of drug-likeness (QED) is 0.522. The third kappa shape index (κ3) is 1.55. The Labute approximate surface area is 66.4 Å². The van der Waals surface area contributed by atoms with Gasteiger partial charge in [0.15, 0.2) is 0 Å². The standard InChI is InChI=1S/C8H11N3/c1-7(2)8-6-10-4-5-11(8)9-3/h4-6H,3H2,1-2H3. The molecule has 0 aromatic carbocycles. The van der Waals surface area contributed by atoms with E-state index in [2.05, 4.69) is 16.8 Å². The molecule has 0 aliphatic carbocycles. The van der Waals surface area contributed by atoms with Crippen molar-refractivity contribution in [2.75, 3.05) is 0 Å². The van der Waals surface area contributed by atoms with E-state index in [1.807, 2.05) is 13.8 Å². The van der Waals surface area contributed by atoms with Crippen molar-refractivity contribution in [1.29, 1.82) is 0 Å². The van der Waals surface area contributed by atoms with Crippen LogP contribution < -0.4 is 0 Å². The summed E-state index contributed by atoms with van der Waals surface area (Å²) in [5, 5.41) is 5.49. The Kier molecular flexibility index (Phi) is 2.21. The van der Waals surface area contributed by atoms with Gasteiger partial charge in [-0.25, -0.2) is 5.01 Å². The topological polar surface area (TPSA) is 28.0 Å². The smallest absolute Gasteiger partial charge is 0.0814 e. The highest BCUT2D eigenvalue weighted by Crippen LogP contribution is 2.11. The summed E-state index contributed by atoms with van der Waals surface area (Å²) in [6.45, 7) is 7.47. The summed E-state index contributed by atoms with van der Waals surface area (Å²) < 4.78 is 0. The van der Waals surface area contributed by atoms with E-state index in [1.165, 1.54) is 5.57 Å². The van der Waals surface area contributed by atoms with Crippen LogP contribution in [0.4, 0.5) is 0 Å². The monoisotopic (exact) mass is 149 g/mol. The van der Waals surface area contributed by atoms with Gasteiger partial charge in [-0.1, -0.05) is 0 Å². The van der Waals surface area contributed by atoms with E-state index in [-0.39, 0.29) is 0 Å². The summed E-state index contributed by atoms with van der Waals surface area (Å²) in [7, 11) is 0. The molecule has 1 rings (SSSR count). The van der Waals surface area contributed by atoms with Gasteiger partial charge in [0.05, 0.1) is 11.9 Å². The van der Waals surface area contributed by atoms with E-state index in [1.54, 1.807) is 23.6 Å². The largest absolute Gasteiger partial charge is 0.261 e. The number of hydrogen-bond acceptors (Lipinski definition) is 3. The molecule has 0 radical (unpaired) electrons. The second-order valence-electron chi connectivity index (χ2n) is 2.45. The number of nitrogens with zero attached hydrogens (tertiary/aromatic N) is 3. The van der Waals surface area contributed by atoms with Crippen molar-refractivity contribution < 1.29 is 0 Å². The molecule has 0 atom stereocenters. The lowest BCUT2D eigenvalue weighted by Gasteiger charge is -2.17. The van der Waals surface area contributed by atoms with Crippen LogP contribution in [0.15, 0.2) is 33.8 Å². The third-order valence-corrected chi connectivity index (χ3v) is 1.40. The number of rotatable bonds is 1. The van der Waals surface area contributed by atoms with Crippen LogP contribution in [0.5, 0.6) is 0 Å². The van der Waals surface area contributed by atoms with Crippen molar-refractivity contribution in [2.45, 2.75) is 13.8 Å². The predicted molar refractivity (Wildman–Crippen MR) is 47.4 cm³/mol. The second kappa shape index (κ2) is 3.14. The fourth-order valence-corrected chi connectivity index (χ4v) is 0.836. The van der Waals surface area contributed by atoms with Crippen molar-refractivity contribution in [3.63, 3.8) is 0 Å². The Morgan fingerprint density at radius 2 is 2.36 bits per heavy atom. The first-order chi connectivity index (χ1) is 5.25. The average molecular weight is 149 g/mol. The molecule has 0 bridgehead atoms. The lowest BCUT2D eigenvalue weighted by atomic mass is 10.2. The van der Waals surface area contributed by atoms with E-state index in [0.29, 0.717) is 0 Å². The molecule has 0 saturated carbocycles. The van der Waals surface area contributed by atoms with E-state index < -0.39 is 0 Å². The van der Waals surface area contributed by atoms with E-state index in [4.69, 9.17) is 0 Å². The van der Waals surface area contributed by atoms with Gasteiger partial charge in [0.25, 0.3) is 0 Å². The molecule has 0 aromatic rings. The summed E-state index contributed by atoms with van der Waals surface area (Å²) in [4.78, 5) is 3.99. The summed E-state index contributed by atoms with van der Waals surface area (Å²) in [5.41, 5.74) is 2.16. The molecule has 0 N–H and O–H groups in total. The Morgan fingerprint density at radius 1 is 1.64 bits per heavy atom. The predicted octanol–water partition coefficient (Wildman–Crippen LogP) is 1.75. The molecular formula is C8H11N3. The van der Waals surface area contributed by atoms with Crippen LogP contribution in [0, 0.1) is 0 Å². The zero-order valence-electron chi connectivity index (χ0n) is 6.78. The number of aliphatic imine (C=N–C) groups is 1. The van der Waals surface area contributed by atoms with Crippen LogP contribution in [0.1, 0.15) is 13.8 Å². The molecule has 1 aliphatic heterocycles. The lowest BCUT2D eigenvalue weighted by Crippen LogP contribution is -2.13. The molecule has 58 valence electrons. The minimum atomic E-state index is 0.988. The Hall–Kier alpha value is -1.38. The molecule has 1 aliphatic rings. The van der Waals surface area contributed by atoms with Gasteiger partial charge in [0.2, 0.25) is 0 Å². The van der Waals surface area contributed by atoms with Gasteiger partial charge in [0, 0.05) is 19.1 Å². The fraction of sp³-hybridized carbons (Fsp3) is 0.250. The highest BCUT2D eigenvalue weighted by molar-refractivity contribution is 5.80.